The van der Waals surface area contributed by atoms with Crippen LogP contribution in [-0.2, 0) is 16.0 Å². The van der Waals surface area contributed by atoms with Crippen molar-refractivity contribution in [3.8, 4) is 11.1 Å². The molecule has 0 saturated heterocycles. The molecule has 1 heterocycles. The van der Waals surface area contributed by atoms with Crippen LogP contribution in [0, 0.1) is 5.92 Å². The Morgan fingerprint density at radius 1 is 1.07 bits per heavy atom. The molecular weight excluding hydrogens is 378 g/mol. The fourth-order valence-corrected chi connectivity index (χ4v) is 3.39. The molecule has 3 rings (SSSR count). The number of carbonyl (C=O) groups excluding carboxylic acids is 2. The molecule has 0 spiro atoms. The van der Waals surface area contributed by atoms with Crippen molar-refractivity contribution in [3.05, 3.63) is 78.4 Å². The van der Waals surface area contributed by atoms with Gasteiger partial charge in [-0.25, -0.2) is 4.98 Å². The Kier molecular flexibility index (Phi) is 7.38. The number of benzene rings is 2. The summed E-state index contributed by atoms with van der Waals surface area (Å²) in [6.07, 6.45) is 4.10. The Bertz CT molecular complexity index is 938. The first-order valence-electron chi connectivity index (χ1n) is 10.2. The van der Waals surface area contributed by atoms with Gasteiger partial charge >= 0.3 is 5.97 Å². The van der Waals surface area contributed by atoms with Crippen molar-refractivity contribution in [2.75, 3.05) is 6.61 Å². The topological polar surface area (TPSA) is 84.1 Å². The largest absolute Gasteiger partial charge is 0.466 e. The maximum Gasteiger partial charge on any atom is 0.308 e. The van der Waals surface area contributed by atoms with E-state index in [2.05, 4.69) is 51.7 Å². The molecule has 2 N–H and O–H groups in total. The summed E-state index contributed by atoms with van der Waals surface area (Å²) in [5.41, 5.74) is 3.70. The molecule has 30 heavy (non-hydrogen) atoms. The van der Waals surface area contributed by atoms with Gasteiger partial charge in [0, 0.05) is 12.2 Å². The van der Waals surface area contributed by atoms with Crippen LogP contribution in [0.25, 0.3) is 11.1 Å². The number of imidazole rings is 1. The third-order valence-electron chi connectivity index (χ3n) is 4.94. The van der Waals surface area contributed by atoms with Gasteiger partial charge in [0.1, 0.15) is 5.69 Å². The molecule has 2 atom stereocenters. The zero-order valence-corrected chi connectivity index (χ0v) is 17.3. The molecule has 3 aromatic rings. The van der Waals surface area contributed by atoms with Crippen molar-refractivity contribution in [2.24, 2.45) is 5.92 Å². The minimum Gasteiger partial charge on any atom is -0.466 e. The number of nitrogens with zero attached hydrogens (tertiary/aromatic N) is 1. The summed E-state index contributed by atoms with van der Waals surface area (Å²) < 4.78 is 5.13. The maximum absolute atomic E-state index is 12.5. The van der Waals surface area contributed by atoms with Gasteiger partial charge in [0.25, 0.3) is 5.91 Å². The number of hydrogen-bond donors (Lipinski definition) is 2. The number of carbonyl (C=O) groups is 2. The van der Waals surface area contributed by atoms with Crippen molar-refractivity contribution in [1.29, 1.82) is 0 Å². The smallest absolute Gasteiger partial charge is 0.308 e. The lowest BCUT2D eigenvalue weighted by molar-refractivity contribution is -0.147. The van der Waals surface area contributed by atoms with E-state index in [1.807, 2.05) is 25.1 Å². The van der Waals surface area contributed by atoms with Crippen LogP contribution in [0.3, 0.4) is 0 Å². The molecule has 0 bridgehead atoms. The first kappa shape index (κ1) is 21.3. The first-order valence-corrected chi connectivity index (χ1v) is 10.2. The minimum atomic E-state index is -0.321. The number of nitrogens with one attached hydrogen (secondary N) is 2. The quantitative estimate of drug-likeness (QED) is 0.527. The van der Waals surface area contributed by atoms with Gasteiger partial charge in [-0.05, 0) is 36.5 Å². The number of aromatic nitrogens is 2. The summed E-state index contributed by atoms with van der Waals surface area (Å²) in [7, 11) is 0. The maximum atomic E-state index is 12.5. The van der Waals surface area contributed by atoms with E-state index < -0.39 is 0 Å². The van der Waals surface area contributed by atoms with E-state index in [1.54, 1.807) is 13.1 Å². The number of esters is 1. The lowest BCUT2D eigenvalue weighted by atomic mass is 9.94. The van der Waals surface area contributed by atoms with Gasteiger partial charge < -0.3 is 15.0 Å². The van der Waals surface area contributed by atoms with E-state index >= 15 is 0 Å². The fraction of sp³-hybridized carbons (Fsp3) is 0.292. The number of aromatic amines is 1. The van der Waals surface area contributed by atoms with Gasteiger partial charge in [-0.15, -0.1) is 0 Å². The highest BCUT2D eigenvalue weighted by Crippen LogP contribution is 2.21. The molecule has 156 valence electrons. The molecule has 0 unspecified atom stereocenters. The lowest BCUT2D eigenvalue weighted by Crippen LogP contribution is -2.39. The highest BCUT2D eigenvalue weighted by molar-refractivity contribution is 5.92. The van der Waals surface area contributed by atoms with Crippen LogP contribution < -0.4 is 5.32 Å². The monoisotopic (exact) mass is 405 g/mol. The number of amides is 1. The molecule has 1 aromatic heterocycles. The molecule has 0 aliphatic carbocycles. The predicted molar refractivity (Wildman–Crippen MR) is 116 cm³/mol. The summed E-state index contributed by atoms with van der Waals surface area (Å²) in [6.45, 7) is 3.95. The van der Waals surface area contributed by atoms with Crippen LogP contribution in [0.5, 0.6) is 0 Å². The Morgan fingerprint density at radius 2 is 1.77 bits per heavy atom. The van der Waals surface area contributed by atoms with Crippen LogP contribution in [0.2, 0.25) is 0 Å². The Morgan fingerprint density at radius 3 is 2.40 bits per heavy atom. The zero-order chi connectivity index (χ0) is 21.3. The Balaban J connectivity index is 1.72. The molecule has 1 amide bonds. The van der Waals surface area contributed by atoms with Crippen LogP contribution in [0.15, 0.2) is 67.1 Å². The fourth-order valence-electron chi connectivity index (χ4n) is 3.39. The highest BCUT2D eigenvalue weighted by Gasteiger charge is 2.23. The predicted octanol–water partition coefficient (Wildman–Crippen LogP) is 4.01. The van der Waals surface area contributed by atoms with Gasteiger partial charge in [-0.1, -0.05) is 61.5 Å². The van der Waals surface area contributed by atoms with E-state index in [-0.39, 0.29) is 23.8 Å². The van der Waals surface area contributed by atoms with E-state index in [4.69, 9.17) is 4.74 Å². The molecule has 6 heteroatoms. The normalized spacial score (nSPS) is 12.7. The molecule has 0 fully saturated rings. The van der Waals surface area contributed by atoms with Crippen LogP contribution >= 0.6 is 0 Å². The average Bonchev–Trinajstić information content (AvgIpc) is 3.30. The number of rotatable bonds is 9. The summed E-state index contributed by atoms with van der Waals surface area (Å²) in [6, 6.07) is 18.2. The van der Waals surface area contributed by atoms with Crippen LogP contribution in [0.4, 0.5) is 0 Å². The third kappa shape index (κ3) is 5.80. The van der Waals surface area contributed by atoms with Gasteiger partial charge in [0.15, 0.2) is 0 Å². The summed E-state index contributed by atoms with van der Waals surface area (Å²) in [4.78, 5) is 31.4. The van der Waals surface area contributed by atoms with E-state index in [1.165, 1.54) is 6.33 Å². The zero-order valence-electron chi connectivity index (χ0n) is 17.3. The standard InChI is InChI=1S/C24H27N3O3/c1-3-30-24(29)17(2)13-21(27-23(28)22-15-25-16-26-22)14-18-9-11-20(12-10-18)19-7-5-4-6-8-19/h4-12,15-17,21H,3,13-14H2,1-2H3,(H,25,26)(H,27,28)/t17-,21+/m1/s1. The summed E-state index contributed by atoms with van der Waals surface area (Å²) in [5, 5.41) is 3.01. The second kappa shape index (κ2) is 10.4. The van der Waals surface area contributed by atoms with Crippen LogP contribution in [-0.4, -0.2) is 34.5 Å². The number of ether oxygens (including phenoxy) is 1. The third-order valence-corrected chi connectivity index (χ3v) is 4.94. The van der Waals surface area contributed by atoms with Crippen LogP contribution in [0.1, 0.15) is 36.3 Å². The minimum absolute atomic E-state index is 0.226. The molecule has 2 aromatic carbocycles. The molecule has 6 nitrogen and oxygen atoms in total. The molecule has 0 aliphatic heterocycles. The molecule has 0 radical (unpaired) electrons. The first-order chi connectivity index (χ1) is 14.6. The van der Waals surface area contributed by atoms with Crippen molar-refractivity contribution in [3.63, 3.8) is 0 Å². The van der Waals surface area contributed by atoms with Crippen molar-refractivity contribution in [1.82, 2.24) is 15.3 Å². The van der Waals surface area contributed by atoms with E-state index in [0.717, 1.165) is 16.7 Å². The summed E-state index contributed by atoms with van der Waals surface area (Å²) in [5.74, 6) is -0.841. The van der Waals surface area contributed by atoms with Crippen molar-refractivity contribution in [2.45, 2.75) is 32.7 Å². The average molecular weight is 405 g/mol. The van der Waals surface area contributed by atoms with Gasteiger partial charge in [0.2, 0.25) is 0 Å². The van der Waals surface area contributed by atoms with Gasteiger partial charge in [0.05, 0.1) is 18.9 Å². The second-order valence-corrected chi connectivity index (χ2v) is 7.28. The lowest BCUT2D eigenvalue weighted by Gasteiger charge is -2.21. The van der Waals surface area contributed by atoms with E-state index in [0.29, 0.717) is 25.1 Å². The highest BCUT2D eigenvalue weighted by atomic mass is 16.5. The number of hydrogen-bond acceptors (Lipinski definition) is 4. The summed E-state index contributed by atoms with van der Waals surface area (Å²) >= 11 is 0. The van der Waals surface area contributed by atoms with Crippen molar-refractivity contribution >= 4 is 11.9 Å². The van der Waals surface area contributed by atoms with E-state index in [9.17, 15) is 9.59 Å². The molecule has 0 saturated carbocycles. The molecular formula is C24H27N3O3. The SMILES string of the molecule is CCOC(=O)[C@H](C)C[C@@H](Cc1ccc(-c2ccccc2)cc1)NC(=O)c1c[nH]cn1. The second-order valence-electron chi connectivity index (χ2n) is 7.28. The van der Waals surface area contributed by atoms with Gasteiger partial charge in [-0.2, -0.15) is 0 Å². The Labute approximate surface area is 176 Å². The Hall–Kier alpha value is -3.41. The van der Waals surface area contributed by atoms with Gasteiger partial charge in [-0.3, -0.25) is 9.59 Å². The number of H-pyrrole nitrogens is 1. The van der Waals surface area contributed by atoms with Crippen molar-refractivity contribution < 1.29 is 14.3 Å². The molecule has 0 aliphatic rings.